The summed E-state index contributed by atoms with van der Waals surface area (Å²) >= 11 is 1.75. The van der Waals surface area contributed by atoms with E-state index in [4.69, 9.17) is 4.43 Å². The normalized spacial score (nSPS) is 43.5. The molecule has 0 radical (unpaired) electrons. The largest absolute Gasteiger partial charge is 0.414 e. The van der Waals surface area contributed by atoms with Crippen molar-refractivity contribution in [3.05, 3.63) is 34.0 Å². The van der Waals surface area contributed by atoms with Gasteiger partial charge in [0.1, 0.15) is 5.60 Å². The lowest BCUT2D eigenvalue weighted by atomic mass is 9.47. The first kappa shape index (κ1) is 24.3. The molecule has 3 fully saturated rings. The zero-order valence-electron chi connectivity index (χ0n) is 22.0. The minimum Gasteiger partial charge on any atom is -0.414 e. The molecule has 1 N–H and O–H groups in total. The van der Waals surface area contributed by atoms with Crippen LogP contribution in [0.25, 0.3) is 0 Å². The van der Waals surface area contributed by atoms with Crippen LogP contribution in [0.15, 0.2) is 29.2 Å². The zero-order valence-corrected chi connectivity index (χ0v) is 23.9. The maximum atomic E-state index is 12.0. The van der Waals surface area contributed by atoms with Gasteiger partial charge in [0.25, 0.3) is 0 Å². The van der Waals surface area contributed by atoms with Crippen LogP contribution < -0.4 is 0 Å². The van der Waals surface area contributed by atoms with E-state index in [9.17, 15) is 5.11 Å². The van der Waals surface area contributed by atoms with Gasteiger partial charge in [-0.3, -0.25) is 0 Å². The molecule has 4 aliphatic carbocycles. The molecule has 0 saturated heterocycles. The van der Waals surface area contributed by atoms with Gasteiger partial charge in [0.2, 0.25) is 0 Å². The van der Waals surface area contributed by atoms with E-state index in [1.807, 2.05) is 0 Å². The summed E-state index contributed by atoms with van der Waals surface area (Å²) in [5, 5.41) is 14.4. The molecule has 33 heavy (non-hydrogen) atoms. The Hall–Kier alpha value is -0.423. The number of allylic oxidation sites excluding steroid dienone is 1. The van der Waals surface area contributed by atoms with Crippen LogP contribution in [0.4, 0.5) is 0 Å². The van der Waals surface area contributed by atoms with E-state index in [0.29, 0.717) is 17.4 Å². The van der Waals surface area contributed by atoms with E-state index in [-0.39, 0.29) is 10.5 Å². The summed E-state index contributed by atoms with van der Waals surface area (Å²) < 4.78 is 6.89. The average Bonchev–Trinajstić information content (AvgIpc) is 3.35. The summed E-state index contributed by atoms with van der Waals surface area (Å²) in [7, 11) is -1.73. The van der Waals surface area contributed by atoms with Crippen LogP contribution in [0, 0.1) is 28.6 Å². The lowest BCUT2D eigenvalue weighted by Crippen LogP contribution is -2.54. The minimum absolute atomic E-state index is 0.0172. The summed E-state index contributed by atoms with van der Waals surface area (Å²) in [6.07, 6.45) is 12.4. The van der Waals surface area contributed by atoms with Gasteiger partial charge in [-0.2, -0.15) is 0 Å². The monoisotopic (exact) mass is 486 g/mol. The van der Waals surface area contributed by atoms with Crippen LogP contribution >= 0.6 is 11.3 Å². The summed E-state index contributed by atoms with van der Waals surface area (Å²) in [6, 6.07) is 4.29. The predicted molar refractivity (Wildman–Crippen MR) is 142 cm³/mol. The van der Waals surface area contributed by atoms with Gasteiger partial charge in [-0.1, -0.05) is 52.3 Å². The molecule has 0 amide bonds. The van der Waals surface area contributed by atoms with Crippen LogP contribution in [-0.2, 0) is 10.0 Å². The van der Waals surface area contributed by atoms with Crippen molar-refractivity contribution in [3.63, 3.8) is 0 Å². The van der Waals surface area contributed by atoms with Crippen molar-refractivity contribution in [3.8, 4) is 0 Å². The van der Waals surface area contributed by atoms with E-state index < -0.39 is 13.9 Å². The third-order valence-electron chi connectivity index (χ3n) is 11.4. The highest BCUT2D eigenvalue weighted by atomic mass is 32.1. The molecule has 0 bridgehead atoms. The van der Waals surface area contributed by atoms with Gasteiger partial charge in [0.15, 0.2) is 8.32 Å². The van der Waals surface area contributed by atoms with Crippen molar-refractivity contribution in [2.24, 2.45) is 28.6 Å². The number of hydrogen-bond donors (Lipinski definition) is 1. The predicted octanol–water partition coefficient (Wildman–Crippen LogP) is 8.29. The van der Waals surface area contributed by atoms with Gasteiger partial charge >= 0.3 is 0 Å². The van der Waals surface area contributed by atoms with E-state index in [1.165, 1.54) is 43.4 Å². The van der Waals surface area contributed by atoms with Gasteiger partial charge in [-0.15, -0.1) is 11.3 Å². The lowest BCUT2D eigenvalue weighted by molar-refractivity contribution is -0.127. The highest BCUT2D eigenvalue weighted by Crippen LogP contribution is 2.69. The number of fused-ring (bicyclic) bond motifs is 5. The third-order valence-corrected chi connectivity index (χ3v) is 17.0. The Morgan fingerprint density at radius 2 is 1.79 bits per heavy atom. The SMILES string of the molecule is CC(C)(C)[Si](C)(C)OC1CC[C@@]2(C)C(=CC[C@@H]3[C@H]2CC[C@@]2(C)[C@H]3CCC2(O)c2cccs2)C1. The molecule has 1 heterocycles. The molecule has 2 nitrogen and oxygen atoms in total. The van der Waals surface area contributed by atoms with Crippen LogP contribution in [-0.4, -0.2) is 19.5 Å². The first-order valence-electron chi connectivity index (χ1n) is 13.5. The Bertz CT molecular complexity index is 915. The molecule has 3 saturated carbocycles. The average molecular weight is 487 g/mol. The fourth-order valence-corrected chi connectivity index (χ4v) is 10.6. The van der Waals surface area contributed by atoms with Gasteiger partial charge in [0, 0.05) is 16.4 Å². The zero-order chi connectivity index (χ0) is 23.9. The third kappa shape index (κ3) is 3.52. The van der Waals surface area contributed by atoms with E-state index in [1.54, 1.807) is 16.9 Å². The molecule has 0 aliphatic heterocycles. The Balaban J connectivity index is 1.38. The fourth-order valence-electron chi connectivity index (χ4n) is 8.26. The highest BCUT2D eigenvalue weighted by molar-refractivity contribution is 7.10. The molecule has 5 rings (SSSR count). The first-order valence-corrected chi connectivity index (χ1v) is 17.2. The van der Waals surface area contributed by atoms with Crippen LogP contribution in [0.2, 0.25) is 18.1 Å². The number of aliphatic hydroxyl groups is 1. The van der Waals surface area contributed by atoms with Crippen LogP contribution in [0.1, 0.15) is 90.9 Å². The second-order valence-electron chi connectivity index (χ2n) is 13.8. The second-order valence-corrected chi connectivity index (χ2v) is 19.5. The van der Waals surface area contributed by atoms with Crippen molar-refractivity contribution in [2.75, 3.05) is 0 Å². The number of rotatable bonds is 3. The van der Waals surface area contributed by atoms with Crippen molar-refractivity contribution in [2.45, 2.75) is 116 Å². The topological polar surface area (TPSA) is 29.5 Å². The molecule has 4 heteroatoms. The van der Waals surface area contributed by atoms with Crippen molar-refractivity contribution in [1.29, 1.82) is 0 Å². The number of hydrogen-bond acceptors (Lipinski definition) is 3. The van der Waals surface area contributed by atoms with Crippen molar-refractivity contribution >= 4 is 19.7 Å². The Kier molecular flexibility index (Phi) is 5.73. The van der Waals surface area contributed by atoms with Crippen LogP contribution in [0.3, 0.4) is 0 Å². The maximum Gasteiger partial charge on any atom is 0.192 e. The summed E-state index contributed by atoms with van der Waals surface area (Å²) in [5.41, 5.74) is 1.43. The molecular formula is C29H46O2SSi. The van der Waals surface area contributed by atoms with Gasteiger partial charge < -0.3 is 9.53 Å². The van der Waals surface area contributed by atoms with Gasteiger partial charge in [-0.25, -0.2) is 0 Å². The van der Waals surface area contributed by atoms with Crippen LogP contribution in [0.5, 0.6) is 0 Å². The Morgan fingerprint density at radius 3 is 2.45 bits per heavy atom. The molecule has 4 aliphatic rings. The maximum absolute atomic E-state index is 12.0. The molecule has 0 aromatic carbocycles. The van der Waals surface area contributed by atoms with E-state index in [2.05, 4.69) is 71.3 Å². The number of thiophene rings is 1. The molecule has 1 aromatic heterocycles. The van der Waals surface area contributed by atoms with Gasteiger partial charge in [0.05, 0.1) is 0 Å². The second kappa shape index (κ2) is 7.79. The molecule has 7 atom stereocenters. The fraction of sp³-hybridized carbons (Fsp3) is 0.793. The summed E-state index contributed by atoms with van der Waals surface area (Å²) in [5.74, 6) is 2.14. The highest BCUT2D eigenvalue weighted by Gasteiger charge is 2.64. The smallest absolute Gasteiger partial charge is 0.192 e. The molecule has 184 valence electrons. The van der Waals surface area contributed by atoms with E-state index in [0.717, 1.165) is 24.7 Å². The Labute approximate surface area is 207 Å². The summed E-state index contributed by atoms with van der Waals surface area (Å²) in [6.45, 7) is 16.9. The first-order chi connectivity index (χ1) is 15.3. The van der Waals surface area contributed by atoms with Crippen molar-refractivity contribution in [1.82, 2.24) is 0 Å². The lowest BCUT2D eigenvalue weighted by Gasteiger charge is -2.59. The van der Waals surface area contributed by atoms with Crippen molar-refractivity contribution < 1.29 is 9.53 Å². The van der Waals surface area contributed by atoms with E-state index >= 15 is 0 Å². The minimum atomic E-state index is -1.73. The molecule has 1 aromatic rings. The molecule has 2 unspecified atom stereocenters. The standard InChI is InChI=1S/C29H46O2SSi/c1-26(2,3)33(6,7)31-21-12-15-27(4)20(19-21)10-11-22-23(27)13-16-28(5)24(22)14-17-29(28,30)25-9-8-18-32-25/h8-10,18,21-24,30H,11-17,19H2,1-7H3/t21?,22-,23-,24+,27+,28+,29?/m1/s1. The molecular weight excluding hydrogens is 440 g/mol. The van der Waals surface area contributed by atoms with Gasteiger partial charge in [-0.05, 0) is 104 Å². The quantitative estimate of drug-likeness (QED) is 0.344. The Morgan fingerprint density at radius 1 is 1.06 bits per heavy atom. The molecule has 0 spiro atoms. The summed E-state index contributed by atoms with van der Waals surface area (Å²) in [4.78, 5) is 1.20.